The molecule has 0 spiro atoms. The van der Waals surface area contributed by atoms with Gasteiger partial charge in [0.1, 0.15) is 0 Å². The highest BCUT2D eigenvalue weighted by atomic mass is 15.1. The summed E-state index contributed by atoms with van der Waals surface area (Å²) < 4.78 is 4.88. The molecule has 0 N–H and O–H groups in total. The van der Waals surface area contributed by atoms with E-state index in [1.54, 1.807) is 0 Å². The summed E-state index contributed by atoms with van der Waals surface area (Å²) in [5, 5.41) is 4.95. The lowest BCUT2D eigenvalue weighted by atomic mass is 9.67. The monoisotopic (exact) mass is 817 g/mol. The van der Waals surface area contributed by atoms with Crippen LogP contribution in [0, 0.1) is 0 Å². The first-order chi connectivity index (χ1) is 31.8. The largest absolute Gasteiger partial charge is 0.313 e. The number of hydrogen-bond acceptors (Lipinski definition) is 1. The Bertz CT molecular complexity index is 3620. The van der Waals surface area contributed by atoms with Gasteiger partial charge in [0.15, 0.2) is 0 Å². The zero-order valence-corrected chi connectivity index (χ0v) is 35.3. The maximum atomic E-state index is 2.49. The Morgan fingerprint density at radius 3 is 1.53 bits per heavy atom. The first-order valence-corrected chi connectivity index (χ1v) is 22.4. The molecule has 302 valence electrons. The minimum Gasteiger partial charge on any atom is -0.313 e. The van der Waals surface area contributed by atoms with Gasteiger partial charge in [-0.1, -0.05) is 158 Å². The fraction of sp³-hybridized carbons (Fsp3) is 0.0492. The summed E-state index contributed by atoms with van der Waals surface area (Å²) >= 11 is 0. The first kappa shape index (κ1) is 36.5. The summed E-state index contributed by atoms with van der Waals surface area (Å²) in [6.45, 7) is 0. The smallest absolute Gasteiger partial charge is 0.0714 e. The summed E-state index contributed by atoms with van der Waals surface area (Å²) in [5.41, 5.74) is 17.8. The molecule has 3 heteroatoms. The third-order valence-corrected chi connectivity index (χ3v) is 13.8. The van der Waals surface area contributed by atoms with E-state index in [-0.39, 0.29) is 0 Å². The molecule has 0 saturated heterocycles. The molecule has 64 heavy (non-hydrogen) atoms. The van der Waals surface area contributed by atoms with E-state index in [1.807, 2.05) is 0 Å². The summed E-state index contributed by atoms with van der Waals surface area (Å²) in [4.78, 5) is 2.49. The normalized spacial score (nSPS) is 14.0. The molecular formula is C61H43N3. The number of nitrogens with zero attached hydrogens (tertiary/aromatic N) is 3. The number of para-hydroxylation sites is 3. The van der Waals surface area contributed by atoms with Crippen molar-refractivity contribution in [3.05, 3.63) is 259 Å². The van der Waals surface area contributed by atoms with E-state index in [4.69, 9.17) is 0 Å². The molecule has 0 bridgehead atoms. The lowest BCUT2D eigenvalue weighted by molar-refractivity contribution is 0.768. The van der Waals surface area contributed by atoms with Crippen LogP contribution in [0.1, 0.15) is 35.1 Å². The molecule has 2 aromatic heterocycles. The SMILES string of the molecule is C1=CCCC(n2c3ccccc3c3cc(N(c4ccc5c(c4)C(c4ccccc4)(c4ccccc4)c4ccccc4-5)c4ccc5c(c4)c4ccccc4n5-c4ccccc4)ccc32)=C1. The Morgan fingerprint density at radius 2 is 0.891 bits per heavy atom. The summed E-state index contributed by atoms with van der Waals surface area (Å²) in [6.07, 6.45) is 8.81. The third-order valence-electron chi connectivity index (χ3n) is 13.8. The van der Waals surface area contributed by atoms with Crippen LogP contribution < -0.4 is 4.90 Å². The van der Waals surface area contributed by atoms with Crippen molar-refractivity contribution in [1.82, 2.24) is 9.13 Å². The van der Waals surface area contributed by atoms with Crippen LogP contribution in [-0.2, 0) is 5.41 Å². The standard InChI is InChI=1S/C61H43N3/c1-5-19-42(20-6-1)61(43-21-7-2-8-22-43)55-30-16-13-27-49(55)50-36-33-48(41-56(50)61)62(46-34-37-59-53(39-46)51-28-14-17-31-57(51)63(59)44-23-9-3-10-24-44)47-35-38-60-54(40-47)52-29-15-18-32-58(52)64(60)45-25-11-4-12-26-45/h1-11,13-25,27-41H,12,26H2. The van der Waals surface area contributed by atoms with Gasteiger partial charge in [0.25, 0.3) is 0 Å². The molecule has 0 aliphatic heterocycles. The highest BCUT2D eigenvalue weighted by Gasteiger charge is 2.46. The van der Waals surface area contributed by atoms with Gasteiger partial charge in [-0.05, 0) is 125 Å². The fourth-order valence-electron chi connectivity index (χ4n) is 11.2. The van der Waals surface area contributed by atoms with Crippen LogP contribution in [0.5, 0.6) is 0 Å². The molecule has 0 amide bonds. The molecule has 13 rings (SSSR count). The topological polar surface area (TPSA) is 13.1 Å². The van der Waals surface area contributed by atoms with Gasteiger partial charge in [-0.2, -0.15) is 0 Å². The van der Waals surface area contributed by atoms with E-state index in [1.165, 1.54) is 82.7 Å². The summed E-state index contributed by atoms with van der Waals surface area (Å²) in [6, 6.07) is 81.0. The van der Waals surface area contributed by atoms with Crippen LogP contribution in [-0.4, -0.2) is 9.13 Å². The van der Waals surface area contributed by atoms with Crippen molar-refractivity contribution in [2.75, 3.05) is 4.90 Å². The molecular weight excluding hydrogens is 775 g/mol. The number of rotatable bonds is 7. The third kappa shape index (κ3) is 5.34. The Morgan fingerprint density at radius 1 is 0.391 bits per heavy atom. The minimum absolute atomic E-state index is 0.525. The van der Waals surface area contributed by atoms with Gasteiger partial charge >= 0.3 is 0 Å². The maximum absolute atomic E-state index is 2.49. The molecule has 2 aliphatic carbocycles. The maximum Gasteiger partial charge on any atom is 0.0714 e. The number of allylic oxidation sites excluding steroid dienone is 4. The van der Waals surface area contributed by atoms with E-state index < -0.39 is 5.41 Å². The first-order valence-electron chi connectivity index (χ1n) is 22.4. The number of hydrogen-bond donors (Lipinski definition) is 0. The van der Waals surface area contributed by atoms with Crippen LogP contribution >= 0.6 is 0 Å². The van der Waals surface area contributed by atoms with Crippen molar-refractivity contribution in [3.8, 4) is 16.8 Å². The molecule has 0 fully saturated rings. The van der Waals surface area contributed by atoms with E-state index in [0.29, 0.717) is 0 Å². The molecule has 3 nitrogen and oxygen atoms in total. The van der Waals surface area contributed by atoms with Crippen molar-refractivity contribution in [3.63, 3.8) is 0 Å². The van der Waals surface area contributed by atoms with Gasteiger partial charge in [-0.15, -0.1) is 0 Å². The van der Waals surface area contributed by atoms with E-state index >= 15 is 0 Å². The second-order valence-corrected chi connectivity index (χ2v) is 17.2. The number of benzene rings is 9. The Balaban J connectivity index is 1.10. The van der Waals surface area contributed by atoms with Crippen molar-refractivity contribution >= 4 is 66.4 Å². The average molecular weight is 818 g/mol. The highest BCUT2D eigenvalue weighted by Crippen LogP contribution is 2.57. The van der Waals surface area contributed by atoms with E-state index in [0.717, 1.165) is 35.6 Å². The van der Waals surface area contributed by atoms with Gasteiger partial charge in [-0.25, -0.2) is 0 Å². The van der Waals surface area contributed by atoms with Crippen LogP contribution in [0.15, 0.2) is 237 Å². The predicted octanol–water partition coefficient (Wildman–Crippen LogP) is 15.9. The summed E-state index contributed by atoms with van der Waals surface area (Å²) in [5.74, 6) is 0. The molecule has 0 saturated carbocycles. The lowest BCUT2D eigenvalue weighted by Gasteiger charge is -2.35. The van der Waals surface area contributed by atoms with Gasteiger partial charge in [-0.3, -0.25) is 0 Å². The summed E-state index contributed by atoms with van der Waals surface area (Å²) in [7, 11) is 0. The van der Waals surface area contributed by atoms with Crippen molar-refractivity contribution in [2.24, 2.45) is 0 Å². The number of anilines is 3. The minimum atomic E-state index is -0.525. The fourth-order valence-corrected chi connectivity index (χ4v) is 11.2. The molecule has 9 aromatic carbocycles. The van der Waals surface area contributed by atoms with Gasteiger partial charge in [0, 0.05) is 50.0 Å². The van der Waals surface area contributed by atoms with E-state index in [2.05, 4.69) is 251 Å². The Hall–Kier alpha value is -8.14. The zero-order valence-electron chi connectivity index (χ0n) is 35.3. The molecule has 2 heterocycles. The number of aromatic nitrogens is 2. The van der Waals surface area contributed by atoms with Crippen LogP contribution in [0.2, 0.25) is 0 Å². The van der Waals surface area contributed by atoms with Gasteiger partial charge in [0.2, 0.25) is 0 Å². The predicted molar refractivity (Wildman–Crippen MR) is 268 cm³/mol. The van der Waals surface area contributed by atoms with Crippen molar-refractivity contribution < 1.29 is 0 Å². The number of fused-ring (bicyclic) bond motifs is 9. The molecule has 11 aromatic rings. The zero-order chi connectivity index (χ0) is 42.2. The van der Waals surface area contributed by atoms with Crippen LogP contribution in [0.3, 0.4) is 0 Å². The van der Waals surface area contributed by atoms with Gasteiger partial charge < -0.3 is 14.0 Å². The second kappa shape index (κ2) is 14.5. The lowest BCUT2D eigenvalue weighted by Crippen LogP contribution is -2.28. The molecule has 0 atom stereocenters. The van der Waals surface area contributed by atoms with Crippen LogP contribution in [0.4, 0.5) is 17.1 Å². The molecule has 2 aliphatic rings. The molecule has 0 unspecified atom stereocenters. The Labute approximate surface area is 372 Å². The van der Waals surface area contributed by atoms with E-state index in [9.17, 15) is 0 Å². The molecule has 0 radical (unpaired) electrons. The van der Waals surface area contributed by atoms with Crippen molar-refractivity contribution in [2.45, 2.75) is 18.3 Å². The average Bonchev–Trinajstić information content (AvgIpc) is 3.99. The Kier molecular flexibility index (Phi) is 8.26. The van der Waals surface area contributed by atoms with Crippen molar-refractivity contribution in [1.29, 1.82) is 0 Å². The van der Waals surface area contributed by atoms with Gasteiger partial charge in [0.05, 0.1) is 27.5 Å². The highest BCUT2D eigenvalue weighted by molar-refractivity contribution is 6.13. The quantitative estimate of drug-likeness (QED) is 0.156. The second-order valence-electron chi connectivity index (χ2n) is 17.2. The van der Waals surface area contributed by atoms with Crippen LogP contribution in [0.25, 0.3) is 66.1 Å².